The summed E-state index contributed by atoms with van der Waals surface area (Å²) < 4.78 is 42.7. The number of ketones is 1. The molecule has 12 heteroatoms. The monoisotopic (exact) mass is 635 g/mol. The van der Waals surface area contributed by atoms with E-state index in [0.29, 0.717) is 23.0 Å². The van der Waals surface area contributed by atoms with Gasteiger partial charge in [-0.15, -0.1) is 30.0 Å². The number of ether oxygens (including phenoxy) is 1. The molecule has 1 saturated heterocycles. The van der Waals surface area contributed by atoms with E-state index in [1.807, 2.05) is 50.2 Å². The van der Waals surface area contributed by atoms with E-state index < -0.39 is 18.3 Å². The predicted molar refractivity (Wildman–Crippen MR) is 168 cm³/mol. The molecular weight excluding hydrogens is 603 g/mol. The average molecular weight is 636 g/mol. The minimum atomic E-state index is -4.76. The van der Waals surface area contributed by atoms with Crippen LogP contribution in [0.5, 0.6) is 5.75 Å². The van der Waals surface area contributed by atoms with Gasteiger partial charge in [-0.2, -0.15) is 4.99 Å². The number of nitrogens with zero attached hydrogens (tertiary/aromatic N) is 4. The van der Waals surface area contributed by atoms with Gasteiger partial charge in [-0.25, -0.2) is 14.5 Å². The van der Waals surface area contributed by atoms with Crippen LogP contribution in [-0.2, 0) is 11.2 Å². The highest BCUT2D eigenvalue weighted by Gasteiger charge is 2.35. The zero-order valence-electron chi connectivity index (χ0n) is 25.0. The van der Waals surface area contributed by atoms with Crippen molar-refractivity contribution in [2.45, 2.75) is 58.4 Å². The Kier molecular flexibility index (Phi) is 9.71. The molecule has 45 heavy (non-hydrogen) atoms. The lowest BCUT2D eigenvalue weighted by molar-refractivity contribution is -0.274. The molecular formula is C33H32F3N5O3S. The topological polar surface area (TPSA) is 98.5 Å². The lowest BCUT2D eigenvalue weighted by Gasteiger charge is -2.18. The van der Waals surface area contributed by atoms with E-state index in [4.69, 9.17) is 0 Å². The van der Waals surface area contributed by atoms with Crippen LogP contribution in [0, 0.1) is 6.92 Å². The molecule has 2 amide bonds. The van der Waals surface area contributed by atoms with Gasteiger partial charge in [-0.1, -0.05) is 68.3 Å². The van der Waals surface area contributed by atoms with Crippen molar-refractivity contribution in [2.24, 2.45) is 4.99 Å². The first-order valence-corrected chi connectivity index (χ1v) is 15.5. The van der Waals surface area contributed by atoms with Gasteiger partial charge in [0.2, 0.25) is 0 Å². The summed E-state index contributed by atoms with van der Waals surface area (Å²) in [6, 6.07) is 18.1. The van der Waals surface area contributed by atoms with Crippen LogP contribution in [-0.4, -0.2) is 43.7 Å². The van der Waals surface area contributed by atoms with Crippen molar-refractivity contribution in [1.29, 1.82) is 0 Å². The Bertz CT molecular complexity index is 1700. The molecule has 2 heterocycles. The van der Waals surface area contributed by atoms with Crippen molar-refractivity contribution in [3.63, 3.8) is 0 Å². The number of thioether (sulfide) groups is 1. The molecule has 0 bridgehead atoms. The number of rotatable bonds is 9. The number of alkyl halides is 3. The molecule has 1 aliphatic heterocycles. The van der Waals surface area contributed by atoms with Gasteiger partial charge < -0.3 is 10.1 Å². The van der Waals surface area contributed by atoms with Crippen LogP contribution in [0.1, 0.15) is 60.9 Å². The van der Waals surface area contributed by atoms with Crippen LogP contribution >= 0.6 is 11.8 Å². The maximum absolute atomic E-state index is 13.1. The van der Waals surface area contributed by atoms with Gasteiger partial charge in [-0.05, 0) is 60.7 Å². The number of carbonyl (C=O) groups is 2. The van der Waals surface area contributed by atoms with Crippen molar-refractivity contribution in [2.75, 3.05) is 5.75 Å². The highest BCUT2D eigenvalue weighted by Crippen LogP contribution is 2.36. The van der Waals surface area contributed by atoms with Gasteiger partial charge in [0.25, 0.3) is 0 Å². The molecule has 1 fully saturated rings. The first-order valence-electron chi connectivity index (χ1n) is 14.6. The molecule has 2 atom stereocenters. The number of aryl methyl sites for hydroxylation is 2. The summed E-state index contributed by atoms with van der Waals surface area (Å²) in [6.45, 7) is 6.05. The summed E-state index contributed by atoms with van der Waals surface area (Å²) in [5.41, 5.74) is 5.21. The van der Waals surface area contributed by atoms with Gasteiger partial charge in [0, 0.05) is 5.56 Å². The smallest absolute Gasteiger partial charge is 0.406 e. The highest BCUT2D eigenvalue weighted by molar-refractivity contribution is 8.15. The fraction of sp³-hybridized carbons (Fsp3) is 0.303. The van der Waals surface area contributed by atoms with E-state index >= 15 is 0 Å². The summed E-state index contributed by atoms with van der Waals surface area (Å²) in [5.74, 6) is -0.0842. The molecule has 3 aromatic carbocycles. The van der Waals surface area contributed by atoms with Crippen molar-refractivity contribution in [1.82, 2.24) is 20.1 Å². The number of benzene rings is 3. The Morgan fingerprint density at radius 3 is 2.51 bits per heavy atom. The number of aliphatic imine (C=N–C) groups is 1. The third kappa shape index (κ3) is 7.80. The molecule has 0 radical (unpaired) electrons. The van der Waals surface area contributed by atoms with Crippen LogP contribution in [0.15, 0.2) is 78.0 Å². The highest BCUT2D eigenvalue weighted by atomic mass is 32.2. The summed E-state index contributed by atoms with van der Waals surface area (Å²) in [4.78, 5) is 34.7. The molecule has 1 N–H and O–H groups in total. The quantitative estimate of drug-likeness (QED) is 0.202. The number of hydrogen-bond donors (Lipinski definition) is 1. The molecule has 8 nitrogen and oxygen atoms in total. The maximum atomic E-state index is 13.1. The van der Waals surface area contributed by atoms with Crippen molar-refractivity contribution >= 4 is 28.6 Å². The molecule has 234 valence electrons. The molecule has 0 aliphatic carbocycles. The maximum Gasteiger partial charge on any atom is 0.573 e. The Morgan fingerprint density at radius 1 is 1.11 bits per heavy atom. The Labute approximate surface area is 263 Å². The van der Waals surface area contributed by atoms with Gasteiger partial charge in [0.1, 0.15) is 12.1 Å². The second-order valence-corrected chi connectivity index (χ2v) is 11.7. The normalized spacial score (nSPS) is 16.6. The third-order valence-corrected chi connectivity index (χ3v) is 8.43. The van der Waals surface area contributed by atoms with E-state index in [-0.39, 0.29) is 23.3 Å². The number of carbonyl (C=O) groups excluding carboxylic acids is 2. The van der Waals surface area contributed by atoms with E-state index in [1.165, 1.54) is 47.0 Å². The van der Waals surface area contributed by atoms with Crippen LogP contribution < -0.4 is 10.1 Å². The van der Waals surface area contributed by atoms with Gasteiger partial charge >= 0.3 is 12.4 Å². The number of aromatic nitrogens is 3. The minimum absolute atomic E-state index is 0.0562. The Balaban J connectivity index is 1.27. The lowest BCUT2D eigenvalue weighted by atomic mass is 9.89. The average Bonchev–Trinajstić information content (AvgIpc) is 3.64. The van der Waals surface area contributed by atoms with Gasteiger partial charge in [-0.3, -0.25) is 4.79 Å². The van der Waals surface area contributed by atoms with E-state index in [1.54, 1.807) is 0 Å². The Hall–Kier alpha value is -4.45. The summed E-state index contributed by atoms with van der Waals surface area (Å²) >= 11 is 1.32. The van der Waals surface area contributed by atoms with Gasteiger partial charge in [0.15, 0.2) is 11.6 Å². The van der Waals surface area contributed by atoms with Crippen molar-refractivity contribution in [3.05, 3.63) is 95.3 Å². The van der Waals surface area contributed by atoms with Crippen LogP contribution in [0.4, 0.5) is 18.0 Å². The van der Waals surface area contributed by atoms with Crippen molar-refractivity contribution < 1.29 is 27.5 Å². The van der Waals surface area contributed by atoms with E-state index in [2.05, 4.69) is 38.1 Å². The SMILES string of the molecule is CCCc1ccc(C)cc1C1C(=O)CSC1=NC(=O)NC(CC)c1ccc(-c2ncn(-c3ccc(OC(F)(F)F)cc3)n2)cc1. The zero-order valence-corrected chi connectivity index (χ0v) is 25.8. The summed E-state index contributed by atoms with van der Waals surface area (Å²) in [6.07, 6.45) is -0.881. The molecule has 0 saturated carbocycles. The number of amides is 2. The molecule has 5 rings (SSSR count). The van der Waals surface area contributed by atoms with Crippen LogP contribution in [0.2, 0.25) is 0 Å². The molecule has 0 spiro atoms. The predicted octanol–water partition coefficient (Wildman–Crippen LogP) is 7.75. The first-order chi connectivity index (χ1) is 21.5. The second kappa shape index (κ2) is 13.7. The number of nitrogens with one attached hydrogen (secondary N) is 1. The minimum Gasteiger partial charge on any atom is -0.406 e. The number of urea groups is 1. The van der Waals surface area contributed by atoms with Crippen molar-refractivity contribution in [3.8, 4) is 22.8 Å². The fourth-order valence-electron chi connectivity index (χ4n) is 5.22. The summed E-state index contributed by atoms with van der Waals surface area (Å²) in [7, 11) is 0. The lowest BCUT2D eigenvalue weighted by Crippen LogP contribution is -2.27. The number of halogens is 3. The standard InChI is InChI=1S/C33H32F3N5O3S/c1-4-6-21-8-7-20(3)17-26(21)29-28(42)18-45-31(29)39-32(43)38-27(5-2)22-9-11-23(12-10-22)30-37-19-41(40-30)24-13-15-25(16-14-24)44-33(34,35)36/h7-17,19,27,29H,4-6,18H2,1-3H3,(H,38,43). The zero-order chi connectivity index (χ0) is 32.1. The molecule has 4 aromatic rings. The number of hydrogen-bond acceptors (Lipinski definition) is 6. The molecule has 1 aliphatic rings. The van der Waals surface area contributed by atoms with Gasteiger partial charge in [0.05, 0.1) is 28.4 Å². The molecule has 2 unspecified atom stereocenters. The first kappa shape index (κ1) is 32.0. The second-order valence-electron chi connectivity index (χ2n) is 10.7. The molecule has 1 aromatic heterocycles. The van der Waals surface area contributed by atoms with E-state index in [9.17, 15) is 22.8 Å². The van der Waals surface area contributed by atoms with Crippen LogP contribution in [0.25, 0.3) is 17.1 Å². The summed E-state index contributed by atoms with van der Waals surface area (Å²) in [5, 5.41) is 7.95. The third-order valence-electron chi connectivity index (χ3n) is 7.38. The van der Waals surface area contributed by atoms with E-state index in [0.717, 1.165) is 40.7 Å². The largest absolute Gasteiger partial charge is 0.573 e. The van der Waals surface area contributed by atoms with Crippen LogP contribution in [0.3, 0.4) is 0 Å². The Morgan fingerprint density at radius 2 is 1.84 bits per heavy atom. The number of Topliss-reactive ketones (excluding diaryl/α,β-unsaturated/α-hetero) is 1. The fourth-order valence-corrected chi connectivity index (χ4v) is 6.25.